The van der Waals surface area contributed by atoms with E-state index in [1.807, 2.05) is 41.1 Å². The number of aromatic amines is 1. The maximum Gasteiger partial charge on any atom is 0.270 e. The Morgan fingerprint density at radius 3 is 2.97 bits per heavy atom. The van der Waals surface area contributed by atoms with Crippen molar-refractivity contribution in [3.8, 4) is 5.88 Å². The number of hydrogen-bond acceptors (Lipinski definition) is 4. The number of aromatic nitrogens is 4. The van der Waals surface area contributed by atoms with Crippen LogP contribution in [0.2, 0.25) is 0 Å². The fourth-order valence-electron chi connectivity index (χ4n) is 3.68. The summed E-state index contributed by atoms with van der Waals surface area (Å²) >= 11 is 0. The van der Waals surface area contributed by atoms with Crippen molar-refractivity contribution < 1.29 is 13.9 Å². The van der Waals surface area contributed by atoms with Crippen LogP contribution in [0.5, 0.6) is 5.88 Å². The number of fused-ring (bicyclic) bond motifs is 2. The van der Waals surface area contributed by atoms with Crippen molar-refractivity contribution in [3.63, 3.8) is 0 Å². The summed E-state index contributed by atoms with van der Waals surface area (Å²) in [5.74, 6) is -0.669. The van der Waals surface area contributed by atoms with E-state index in [2.05, 4.69) is 15.1 Å². The van der Waals surface area contributed by atoms with E-state index in [-0.39, 0.29) is 24.4 Å². The number of carbonyl (C=O) groups excluding carboxylic acids is 1. The van der Waals surface area contributed by atoms with Crippen molar-refractivity contribution in [2.24, 2.45) is 0 Å². The molecule has 1 amide bonds. The first-order valence-electron chi connectivity index (χ1n) is 9.32. The first kappa shape index (κ1) is 17.4. The topological polar surface area (TPSA) is 76.0 Å². The molecule has 4 aromatic rings. The van der Waals surface area contributed by atoms with Crippen LogP contribution in [-0.2, 0) is 6.54 Å². The molecule has 0 aliphatic carbocycles. The Hall–Kier alpha value is -3.68. The summed E-state index contributed by atoms with van der Waals surface area (Å²) in [5, 5.41) is 5.34. The van der Waals surface area contributed by atoms with E-state index in [0.717, 1.165) is 16.6 Å². The van der Waals surface area contributed by atoms with Crippen molar-refractivity contribution in [3.05, 3.63) is 78.1 Å². The number of H-pyrrole nitrogens is 1. The number of nitrogens with zero attached hydrogens (tertiary/aromatic N) is 4. The second kappa shape index (κ2) is 7.05. The Kier molecular flexibility index (Phi) is 4.23. The number of amides is 1. The number of benzene rings is 1. The van der Waals surface area contributed by atoms with Gasteiger partial charge in [0.1, 0.15) is 18.3 Å². The zero-order valence-electron chi connectivity index (χ0n) is 15.5. The van der Waals surface area contributed by atoms with Crippen LogP contribution < -0.4 is 4.74 Å². The molecule has 1 aliphatic heterocycles. The monoisotopic (exact) mass is 391 g/mol. The average Bonchev–Trinajstić information content (AvgIpc) is 3.39. The Bertz CT molecular complexity index is 1150. The van der Waals surface area contributed by atoms with E-state index in [9.17, 15) is 9.18 Å². The van der Waals surface area contributed by atoms with Gasteiger partial charge in [0, 0.05) is 29.8 Å². The molecule has 1 unspecified atom stereocenters. The number of nitrogens with one attached hydrogen (secondary N) is 1. The first-order chi connectivity index (χ1) is 14.2. The number of ether oxygens (including phenoxy) is 1. The third-order valence-electron chi connectivity index (χ3n) is 5.07. The Morgan fingerprint density at radius 2 is 2.10 bits per heavy atom. The molecule has 3 aromatic heterocycles. The lowest BCUT2D eigenvalue weighted by Gasteiger charge is -2.33. The van der Waals surface area contributed by atoms with Crippen molar-refractivity contribution >= 4 is 16.8 Å². The van der Waals surface area contributed by atoms with Crippen molar-refractivity contribution in [1.29, 1.82) is 0 Å². The highest BCUT2D eigenvalue weighted by Gasteiger charge is 2.30. The van der Waals surface area contributed by atoms with Gasteiger partial charge in [-0.05, 0) is 30.3 Å². The minimum Gasteiger partial charge on any atom is -0.473 e. The van der Waals surface area contributed by atoms with Gasteiger partial charge in [-0.3, -0.25) is 9.48 Å². The molecule has 5 rings (SSSR count). The zero-order chi connectivity index (χ0) is 19.8. The van der Waals surface area contributed by atoms with Crippen LogP contribution in [0.3, 0.4) is 0 Å². The molecular formula is C21H18FN5O2. The lowest BCUT2D eigenvalue weighted by molar-refractivity contribution is 0.0624. The fourth-order valence-corrected chi connectivity index (χ4v) is 3.68. The quantitative estimate of drug-likeness (QED) is 0.580. The molecule has 0 spiro atoms. The molecule has 0 fully saturated rings. The van der Waals surface area contributed by atoms with Crippen LogP contribution >= 0.6 is 0 Å². The SMILES string of the molecule is O=C(c1cc2ccccc2[nH]1)N1Cc2ccnn2C(COc2ncccc2F)C1. The van der Waals surface area contributed by atoms with E-state index < -0.39 is 5.82 Å². The molecule has 8 heteroatoms. The standard InChI is InChI=1S/C21H18FN5O2/c22-17-5-3-8-23-20(17)29-13-16-12-26(11-15-7-9-24-27(15)16)21(28)19-10-14-4-1-2-6-18(14)25-19/h1-10,16,25H,11-13H2. The van der Waals surface area contributed by atoms with Gasteiger partial charge < -0.3 is 14.6 Å². The average molecular weight is 391 g/mol. The highest BCUT2D eigenvalue weighted by Crippen LogP contribution is 2.24. The smallest absolute Gasteiger partial charge is 0.270 e. The van der Waals surface area contributed by atoms with E-state index in [4.69, 9.17) is 4.74 Å². The summed E-state index contributed by atoms with van der Waals surface area (Å²) in [4.78, 5) is 22.0. The van der Waals surface area contributed by atoms with E-state index >= 15 is 0 Å². The molecule has 1 atom stereocenters. The number of halogens is 1. The summed E-state index contributed by atoms with van der Waals surface area (Å²) in [7, 11) is 0. The molecule has 0 radical (unpaired) electrons. The lowest BCUT2D eigenvalue weighted by atomic mass is 10.2. The van der Waals surface area contributed by atoms with Gasteiger partial charge in [-0.15, -0.1) is 0 Å². The molecule has 146 valence electrons. The van der Waals surface area contributed by atoms with Gasteiger partial charge >= 0.3 is 0 Å². The van der Waals surface area contributed by atoms with Crippen molar-refractivity contribution in [1.82, 2.24) is 24.6 Å². The lowest BCUT2D eigenvalue weighted by Crippen LogP contribution is -2.43. The molecule has 0 bridgehead atoms. The normalized spacial score (nSPS) is 16.0. The minimum atomic E-state index is -0.519. The summed E-state index contributed by atoms with van der Waals surface area (Å²) in [5.41, 5.74) is 2.36. The number of para-hydroxylation sites is 1. The van der Waals surface area contributed by atoms with E-state index in [1.54, 1.807) is 11.1 Å². The largest absolute Gasteiger partial charge is 0.473 e. The molecule has 1 N–H and O–H groups in total. The Morgan fingerprint density at radius 1 is 1.21 bits per heavy atom. The van der Waals surface area contributed by atoms with Gasteiger partial charge in [0.2, 0.25) is 5.88 Å². The van der Waals surface area contributed by atoms with Gasteiger partial charge in [0.25, 0.3) is 5.91 Å². The molecule has 7 nitrogen and oxygen atoms in total. The van der Waals surface area contributed by atoms with Crippen LogP contribution in [0, 0.1) is 5.82 Å². The predicted octanol–water partition coefficient (Wildman–Crippen LogP) is 3.17. The van der Waals surface area contributed by atoms with E-state index in [1.165, 1.54) is 18.3 Å². The predicted molar refractivity (Wildman–Crippen MR) is 104 cm³/mol. The van der Waals surface area contributed by atoms with Gasteiger partial charge in [-0.1, -0.05) is 18.2 Å². The maximum atomic E-state index is 13.8. The Labute approximate surface area is 165 Å². The molecule has 29 heavy (non-hydrogen) atoms. The zero-order valence-corrected chi connectivity index (χ0v) is 15.5. The third-order valence-corrected chi connectivity index (χ3v) is 5.07. The van der Waals surface area contributed by atoms with Gasteiger partial charge in [0.05, 0.1) is 12.2 Å². The summed E-state index contributed by atoms with van der Waals surface area (Å²) in [6.45, 7) is 0.999. The van der Waals surface area contributed by atoms with Crippen LogP contribution in [-0.4, -0.2) is 43.7 Å². The van der Waals surface area contributed by atoms with Crippen LogP contribution in [0.15, 0.2) is 60.9 Å². The summed E-state index contributed by atoms with van der Waals surface area (Å²) < 4.78 is 21.2. The van der Waals surface area contributed by atoms with Gasteiger partial charge in [-0.25, -0.2) is 9.37 Å². The number of carbonyl (C=O) groups is 1. The molecular weight excluding hydrogens is 373 g/mol. The minimum absolute atomic E-state index is 0.0553. The van der Waals surface area contributed by atoms with E-state index in [0.29, 0.717) is 18.8 Å². The highest BCUT2D eigenvalue weighted by molar-refractivity contribution is 5.98. The molecule has 0 saturated carbocycles. The maximum absolute atomic E-state index is 13.8. The number of hydrogen-bond donors (Lipinski definition) is 1. The number of rotatable bonds is 4. The first-order valence-corrected chi connectivity index (χ1v) is 9.32. The summed E-state index contributed by atoms with van der Waals surface area (Å²) in [6.07, 6.45) is 3.17. The second-order valence-corrected chi connectivity index (χ2v) is 6.98. The Balaban J connectivity index is 1.38. The number of pyridine rings is 1. The van der Waals surface area contributed by atoms with Crippen LogP contribution in [0.25, 0.3) is 10.9 Å². The molecule has 0 saturated heterocycles. The van der Waals surface area contributed by atoms with Crippen molar-refractivity contribution in [2.75, 3.05) is 13.2 Å². The van der Waals surface area contributed by atoms with Crippen LogP contribution in [0.4, 0.5) is 4.39 Å². The summed E-state index contributed by atoms with van der Waals surface area (Å²) in [6, 6.07) is 14.1. The van der Waals surface area contributed by atoms with Crippen molar-refractivity contribution in [2.45, 2.75) is 12.6 Å². The second-order valence-electron chi connectivity index (χ2n) is 6.98. The highest BCUT2D eigenvalue weighted by atomic mass is 19.1. The molecule has 4 heterocycles. The molecule has 1 aliphatic rings. The van der Waals surface area contributed by atoms with Gasteiger partial charge in [-0.2, -0.15) is 5.10 Å². The van der Waals surface area contributed by atoms with Gasteiger partial charge in [0.15, 0.2) is 5.82 Å². The fraction of sp³-hybridized carbons (Fsp3) is 0.190. The third kappa shape index (κ3) is 3.22. The molecule has 1 aromatic carbocycles. The van der Waals surface area contributed by atoms with Crippen LogP contribution in [0.1, 0.15) is 22.2 Å².